The zero-order valence-corrected chi connectivity index (χ0v) is 13.4. The Morgan fingerprint density at radius 1 is 1.24 bits per heavy atom. The van der Waals surface area contributed by atoms with Gasteiger partial charge >= 0.3 is 0 Å². The van der Waals surface area contributed by atoms with E-state index in [0.29, 0.717) is 16.8 Å². The van der Waals surface area contributed by atoms with E-state index in [2.05, 4.69) is 65.6 Å². The van der Waals surface area contributed by atoms with Gasteiger partial charge in [0, 0.05) is 12.6 Å². The van der Waals surface area contributed by atoms with Crippen molar-refractivity contribution in [1.82, 2.24) is 9.97 Å². The zero-order chi connectivity index (χ0) is 15.2. The summed E-state index contributed by atoms with van der Waals surface area (Å²) in [6, 6.07) is 8.54. The number of aryl methyl sites for hydroxylation is 1. The molecule has 1 aromatic carbocycles. The second kappa shape index (κ2) is 7.27. The van der Waals surface area contributed by atoms with Crippen LogP contribution in [0.3, 0.4) is 0 Å². The number of hydrogen-bond donors (Lipinski definition) is 2. The average Bonchev–Trinajstić information content (AvgIpc) is 2.48. The molecule has 21 heavy (non-hydrogen) atoms. The summed E-state index contributed by atoms with van der Waals surface area (Å²) in [6.07, 6.45) is 2.64. The predicted molar refractivity (Wildman–Crippen MR) is 89.0 cm³/mol. The minimum atomic E-state index is 0.122. The van der Waals surface area contributed by atoms with Gasteiger partial charge in [-0.1, -0.05) is 48.4 Å². The van der Waals surface area contributed by atoms with Gasteiger partial charge in [-0.15, -0.1) is 0 Å². The van der Waals surface area contributed by atoms with Crippen LogP contribution in [0.2, 0.25) is 5.02 Å². The molecule has 0 radical (unpaired) electrons. The Bertz CT molecular complexity index is 583. The van der Waals surface area contributed by atoms with Crippen molar-refractivity contribution in [2.45, 2.75) is 33.2 Å². The fraction of sp³-hybridized carbons (Fsp3) is 0.375. The fourth-order valence-electron chi connectivity index (χ4n) is 1.93. The summed E-state index contributed by atoms with van der Waals surface area (Å²) in [5, 5.41) is 7.03. The Morgan fingerprint density at radius 3 is 2.62 bits per heavy atom. The molecule has 1 atom stereocenters. The standard InChI is InChI=1S/C16H21ClN4/c1-4-9-18-16-19-10-14(17)15(21-16)20-12(3)13-7-5-11(2)6-8-13/h5-8,10,12H,4,9H2,1-3H3,(H2,18,19,20,21). The molecule has 0 saturated heterocycles. The summed E-state index contributed by atoms with van der Waals surface area (Å²) in [6.45, 7) is 7.10. The number of anilines is 2. The third kappa shape index (κ3) is 4.33. The fourth-order valence-corrected chi connectivity index (χ4v) is 2.08. The molecule has 2 rings (SSSR count). The first-order valence-electron chi connectivity index (χ1n) is 7.19. The lowest BCUT2D eigenvalue weighted by atomic mass is 10.1. The van der Waals surface area contributed by atoms with E-state index in [9.17, 15) is 0 Å². The first kappa shape index (κ1) is 15.6. The van der Waals surface area contributed by atoms with Crippen molar-refractivity contribution in [3.05, 3.63) is 46.6 Å². The van der Waals surface area contributed by atoms with Gasteiger partial charge in [0.2, 0.25) is 5.95 Å². The van der Waals surface area contributed by atoms with Gasteiger partial charge in [-0.2, -0.15) is 4.98 Å². The average molecular weight is 305 g/mol. The Balaban J connectivity index is 2.12. The minimum absolute atomic E-state index is 0.122. The molecule has 0 bridgehead atoms. The van der Waals surface area contributed by atoms with E-state index in [-0.39, 0.29) is 6.04 Å². The van der Waals surface area contributed by atoms with E-state index >= 15 is 0 Å². The van der Waals surface area contributed by atoms with Gasteiger partial charge in [-0.05, 0) is 25.8 Å². The second-order valence-corrected chi connectivity index (χ2v) is 5.50. The maximum absolute atomic E-state index is 6.17. The topological polar surface area (TPSA) is 49.8 Å². The van der Waals surface area contributed by atoms with Crippen LogP contribution in [0.5, 0.6) is 0 Å². The van der Waals surface area contributed by atoms with Crippen LogP contribution in [-0.4, -0.2) is 16.5 Å². The van der Waals surface area contributed by atoms with Crippen molar-refractivity contribution >= 4 is 23.4 Å². The van der Waals surface area contributed by atoms with Crippen LogP contribution < -0.4 is 10.6 Å². The molecular weight excluding hydrogens is 284 g/mol. The van der Waals surface area contributed by atoms with Crippen LogP contribution in [-0.2, 0) is 0 Å². The van der Waals surface area contributed by atoms with Crippen molar-refractivity contribution in [3.8, 4) is 0 Å². The van der Waals surface area contributed by atoms with Crippen molar-refractivity contribution in [1.29, 1.82) is 0 Å². The summed E-state index contributed by atoms with van der Waals surface area (Å²) in [5.41, 5.74) is 2.44. The normalized spacial score (nSPS) is 12.0. The highest BCUT2D eigenvalue weighted by Gasteiger charge is 2.10. The zero-order valence-electron chi connectivity index (χ0n) is 12.7. The van der Waals surface area contributed by atoms with E-state index in [1.54, 1.807) is 6.20 Å². The molecule has 0 aliphatic rings. The molecule has 0 fully saturated rings. The number of nitrogens with zero attached hydrogens (tertiary/aromatic N) is 2. The molecule has 0 saturated carbocycles. The van der Waals surface area contributed by atoms with Crippen LogP contribution >= 0.6 is 11.6 Å². The first-order chi connectivity index (χ1) is 10.1. The monoisotopic (exact) mass is 304 g/mol. The molecule has 0 amide bonds. The van der Waals surface area contributed by atoms with E-state index < -0.39 is 0 Å². The molecule has 0 aliphatic heterocycles. The third-order valence-electron chi connectivity index (χ3n) is 3.21. The summed E-state index contributed by atoms with van der Waals surface area (Å²) >= 11 is 6.17. The number of aromatic nitrogens is 2. The molecule has 2 N–H and O–H groups in total. The molecule has 112 valence electrons. The lowest BCUT2D eigenvalue weighted by Gasteiger charge is -2.16. The van der Waals surface area contributed by atoms with Gasteiger partial charge in [0.1, 0.15) is 5.02 Å². The van der Waals surface area contributed by atoms with Crippen LogP contribution in [0.4, 0.5) is 11.8 Å². The number of halogens is 1. The molecular formula is C16H21ClN4. The third-order valence-corrected chi connectivity index (χ3v) is 3.48. The lowest BCUT2D eigenvalue weighted by Crippen LogP contribution is -2.11. The largest absolute Gasteiger partial charge is 0.362 e. The van der Waals surface area contributed by atoms with Gasteiger partial charge in [0.15, 0.2) is 5.82 Å². The molecule has 2 aromatic rings. The van der Waals surface area contributed by atoms with Crippen molar-refractivity contribution < 1.29 is 0 Å². The van der Waals surface area contributed by atoms with E-state index in [0.717, 1.165) is 13.0 Å². The van der Waals surface area contributed by atoms with Crippen LogP contribution in [0.15, 0.2) is 30.5 Å². The summed E-state index contributed by atoms with van der Waals surface area (Å²) in [7, 11) is 0. The quantitative estimate of drug-likeness (QED) is 0.828. The van der Waals surface area contributed by atoms with Crippen LogP contribution in [0.25, 0.3) is 0 Å². The van der Waals surface area contributed by atoms with Gasteiger partial charge in [-0.3, -0.25) is 0 Å². The smallest absolute Gasteiger partial charge is 0.224 e. The molecule has 1 unspecified atom stereocenters. The van der Waals surface area contributed by atoms with Crippen molar-refractivity contribution in [3.63, 3.8) is 0 Å². The summed E-state index contributed by atoms with van der Waals surface area (Å²) in [5.74, 6) is 1.25. The predicted octanol–water partition coefficient (Wildman–Crippen LogP) is 4.43. The molecule has 1 heterocycles. The van der Waals surface area contributed by atoms with Crippen LogP contribution in [0.1, 0.15) is 37.4 Å². The summed E-state index contributed by atoms with van der Waals surface area (Å²) in [4.78, 5) is 8.60. The number of hydrogen-bond acceptors (Lipinski definition) is 4. The van der Waals surface area contributed by atoms with E-state index in [1.807, 2.05) is 0 Å². The van der Waals surface area contributed by atoms with Gasteiger partial charge in [0.25, 0.3) is 0 Å². The molecule has 1 aromatic heterocycles. The van der Waals surface area contributed by atoms with Crippen molar-refractivity contribution in [2.75, 3.05) is 17.2 Å². The molecule has 0 spiro atoms. The molecule has 4 nitrogen and oxygen atoms in total. The van der Waals surface area contributed by atoms with Gasteiger partial charge in [-0.25, -0.2) is 4.98 Å². The van der Waals surface area contributed by atoms with Crippen molar-refractivity contribution in [2.24, 2.45) is 0 Å². The highest BCUT2D eigenvalue weighted by molar-refractivity contribution is 6.32. The maximum Gasteiger partial charge on any atom is 0.224 e. The van der Waals surface area contributed by atoms with Gasteiger partial charge in [0.05, 0.1) is 6.20 Å². The Kier molecular flexibility index (Phi) is 5.39. The Morgan fingerprint density at radius 2 is 1.95 bits per heavy atom. The van der Waals surface area contributed by atoms with E-state index in [1.165, 1.54) is 11.1 Å². The highest BCUT2D eigenvalue weighted by Crippen LogP contribution is 2.24. The molecule has 5 heteroatoms. The van der Waals surface area contributed by atoms with E-state index in [4.69, 9.17) is 11.6 Å². The SMILES string of the molecule is CCCNc1ncc(Cl)c(NC(C)c2ccc(C)cc2)n1. The Labute approximate surface area is 131 Å². The second-order valence-electron chi connectivity index (χ2n) is 5.09. The number of rotatable bonds is 6. The first-order valence-corrected chi connectivity index (χ1v) is 7.57. The highest BCUT2D eigenvalue weighted by atomic mass is 35.5. The maximum atomic E-state index is 6.17. The number of nitrogens with one attached hydrogen (secondary N) is 2. The Hall–Kier alpha value is -1.81. The lowest BCUT2D eigenvalue weighted by molar-refractivity contribution is 0.869. The minimum Gasteiger partial charge on any atom is -0.362 e. The molecule has 0 aliphatic carbocycles. The number of benzene rings is 1. The summed E-state index contributed by atoms with van der Waals surface area (Å²) < 4.78 is 0. The van der Waals surface area contributed by atoms with Crippen LogP contribution in [0, 0.1) is 6.92 Å². The van der Waals surface area contributed by atoms with Gasteiger partial charge < -0.3 is 10.6 Å².